The number of rotatable bonds is 10. The molecule has 0 amide bonds. The molecule has 0 unspecified atom stereocenters. The maximum Gasteiger partial charge on any atom is 0.429 e. The Labute approximate surface area is 257 Å². The lowest BCUT2D eigenvalue weighted by Gasteiger charge is -2.20. The van der Waals surface area contributed by atoms with E-state index in [0.29, 0.717) is 22.8 Å². The molecule has 228 valence electrons. The Bertz CT molecular complexity index is 1840. The quantitative estimate of drug-likeness (QED) is 0.116. The molecular weight excluding hydrogens is 588 g/mol. The number of nitriles is 1. The number of ether oxygens (including phenoxy) is 1. The summed E-state index contributed by atoms with van der Waals surface area (Å²) in [4.78, 5) is 0. The van der Waals surface area contributed by atoms with Gasteiger partial charge in [0.05, 0.1) is 22.8 Å². The molecule has 5 aromatic rings. The van der Waals surface area contributed by atoms with Gasteiger partial charge >= 0.3 is 6.11 Å². The van der Waals surface area contributed by atoms with Crippen molar-refractivity contribution in [3.05, 3.63) is 137 Å². The van der Waals surface area contributed by atoms with Crippen LogP contribution in [-0.4, -0.2) is 0 Å². The summed E-state index contributed by atoms with van der Waals surface area (Å²) in [6.45, 7) is 2.12. The van der Waals surface area contributed by atoms with Crippen LogP contribution in [0, 0.1) is 34.6 Å². The van der Waals surface area contributed by atoms with Crippen molar-refractivity contribution in [1.82, 2.24) is 0 Å². The van der Waals surface area contributed by atoms with Gasteiger partial charge in [0.25, 0.3) is 0 Å². The predicted octanol–water partition coefficient (Wildman–Crippen LogP) is 11.0. The van der Waals surface area contributed by atoms with Crippen LogP contribution >= 0.6 is 0 Å². The first kappa shape index (κ1) is 31.4. The molecule has 5 aromatic carbocycles. The molecule has 0 N–H and O–H groups in total. The molecule has 0 saturated carbocycles. The van der Waals surface area contributed by atoms with E-state index in [1.54, 1.807) is 0 Å². The van der Waals surface area contributed by atoms with Gasteiger partial charge in [0, 0.05) is 11.6 Å². The number of nitrogens with zero attached hydrogens (tertiary/aromatic N) is 1. The zero-order valence-corrected chi connectivity index (χ0v) is 24.2. The molecule has 0 aromatic heterocycles. The fraction of sp³-hybridized carbons (Fsp3) is 0.162. The second-order valence-corrected chi connectivity index (χ2v) is 10.6. The molecule has 0 atom stereocenters. The van der Waals surface area contributed by atoms with Gasteiger partial charge in [-0.25, -0.2) is 17.6 Å². The number of unbranched alkanes of at least 4 members (excludes halogenated alkanes) is 2. The van der Waals surface area contributed by atoms with E-state index >= 15 is 13.2 Å². The van der Waals surface area contributed by atoms with E-state index in [9.17, 15) is 13.2 Å². The molecule has 0 spiro atoms. The van der Waals surface area contributed by atoms with Gasteiger partial charge in [-0.05, 0) is 89.2 Å². The first-order valence-electron chi connectivity index (χ1n) is 14.3. The van der Waals surface area contributed by atoms with Gasteiger partial charge in [0.15, 0.2) is 0 Å². The molecule has 0 aliphatic carbocycles. The SMILES string of the molecule is CCCCCc1ccc(-c2ccc(C(F)(F)Oc3ccc(-c4cc(F)c(-c5ccc(C#N)cc5)c(F)c4)c(F)c3)c(F)c2)cc1. The van der Waals surface area contributed by atoms with Crippen LogP contribution in [0.3, 0.4) is 0 Å². The Morgan fingerprint density at radius 1 is 0.644 bits per heavy atom. The number of aryl methyl sites for hydroxylation is 1. The van der Waals surface area contributed by atoms with Gasteiger partial charge in [0.1, 0.15) is 29.0 Å². The first-order chi connectivity index (χ1) is 21.6. The molecule has 5 rings (SSSR count). The van der Waals surface area contributed by atoms with Crippen LogP contribution in [-0.2, 0) is 12.5 Å². The maximum absolute atomic E-state index is 15.0. The highest BCUT2D eigenvalue weighted by atomic mass is 19.3. The standard InChI is InChI=1S/C37H27F6NO/c1-2-3-4-5-23-6-10-25(11-7-23)27-14-17-31(33(39)18-27)37(42,43)45-29-15-16-30(32(38)21-29)28-19-34(40)36(35(41)20-28)26-12-8-24(22-44)9-13-26/h6-21H,2-5H2,1H3. The number of hydrogen-bond acceptors (Lipinski definition) is 2. The third-order valence-corrected chi connectivity index (χ3v) is 7.48. The van der Waals surface area contributed by atoms with Gasteiger partial charge in [-0.15, -0.1) is 0 Å². The third kappa shape index (κ3) is 7.04. The van der Waals surface area contributed by atoms with E-state index in [0.717, 1.165) is 67.6 Å². The van der Waals surface area contributed by atoms with Crippen LogP contribution in [0.25, 0.3) is 33.4 Å². The van der Waals surface area contributed by atoms with Crippen molar-refractivity contribution in [3.63, 3.8) is 0 Å². The number of benzene rings is 5. The molecule has 0 saturated heterocycles. The average Bonchev–Trinajstić information content (AvgIpc) is 3.01. The normalized spacial score (nSPS) is 11.3. The van der Waals surface area contributed by atoms with E-state index < -0.39 is 40.7 Å². The van der Waals surface area contributed by atoms with Crippen molar-refractivity contribution in [2.75, 3.05) is 0 Å². The van der Waals surface area contributed by atoms with Gasteiger partial charge < -0.3 is 4.74 Å². The topological polar surface area (TPSA) is 33.0 Å². The average molecular weight is 616 g/mol. The Morgan fingerprint density at radius 3 is 1.87 bits per heavy atom. The summed E-state index contributed by atoms with van der Waals surface area (Å²) in [7, 11) is 0. The molecule has 0 bridgehead atoms. The Balaban J connectivity index is 1.33. The summed E-state index contributed by atoms with van der Waals surface area (Å²) < 4.78 is 94.7. The fourth-order valence-corrected chi connectivity index (χ4v) is 5.09. The monoisotopic (exact) mass is 615 g/mol. The van der Waals surface area contributed by atoms with E-state index in [2.05, 4.69) is 6.92 Å². The second-order valence-electron chi connectivity index (χ2n) is 10.6. The first-order valence-corrected chi connectivity index (χ1v) is 14.3. The van der Waals surface area contributed by atoms with Crippen molar-refractivity contribution in [1.29, 1.82) is 5.26 Å². The van der Waals surface area contributed by atoms with E-state index in [1.807, 2.05) is 30.3 Å². The lowest BCUT2D eigenvalue weighted by Crippen LogP contribution is -2.23. The second kappa shape index (κ2) is 13.3. The molecule has 0 aliphatic rings. The molecule has 0 radical (unpaired) electrons. The highest BCUT2D eigenvalue weighted by Crippen LogP contribution is 2.37. The zero-order valence-electron chi connectivity index (χ0n) is 24.2. The summed E-state index contributed by atoms with van der Waals surface area (Å²) in [6, 6.07) is 22.8. The van der Waals surface area contributed by atoms with Crippen molar-refractivity contribution >= 4 is 0 Å². The molecule has 0 heterocycles. The van der Waals surface area contributed by atoms with Crippen LogP contribution in [0.5, 0.6) is 5.75 Å². The molecule has 2 nitrogen and oxygen atoms in total. The predicted molar refractivity (Wildman–Crippen MR) is 161 cm³/mol. The van der Waals surface area contributed by atoms with Gasteiger partial charge in [-0.1, -0.05) is 62.2 Å². The zero-order chi connectivity index (χ0) is 32.1. The number of alkyl halides is 2. The van der Waals surface area contributed by atoms with Gasteiger partial charge in [0.2, 0.25) is 0 Å². The van der Waals surface area contributed by atoms with Crippen LogP contribution in [0.2, 0.25) is 0 Å². The van der Waals surface area contributed by atoms with Crippen molar-refractivity contribution < 1.29 is 31.1 Å². The summed E-state index contributed by atoms with van der Waals surface area (Å²) in [6.07, 6.45) is 0.0640. The van der Waals surface area contributed by atoms with E-state index in [1.165, 1.54) is 30.3 Å². The summed E-state index contributed by atoms with van der Waals surface area (Å²) >= 11 is 0. The molecule has 0 fully saturated rings. The number of hydrogen-bond donors (Lipinski definition) is 0. The number of halogens is 6. The Morgan fingerprint density at radius 2 is 1.27 bits per heavy atom. The Kier molecular flexibility index (Phi) is 9.29. The van der Waals surface area contributed by atoms with Crippen molar-refractivity contribution in [3.8, 4) is 45.2 Å². The molecular formula is C37H27F6NO. The Hall–Kier alpha value is -5.03. The van der Waals surface area contributed by atoms with Crippen LogP contribution in [0.4, 0.5) is 26.3 Å². The molecule has 45 heavy (non-hydrogen) atoms. The molecule has 8 heteroatoms. The minimum atomic E-state index is -4.15. The lowest BCUT2D eigenvalue weighted by atomic mass is 9.98. The largest absolute Gasteiger partial charge is 0.429 e. The van der Waals surface area contributed by atoms with Gasteiger partial charge in [-0.2, -0.15) is 14.0 Å². The summed E-state index contributed by atoms with van der Waals surface area (Å²) in [5.74, 6) is -4.86. The summed E-state index contributed by atoms with van der Waals surface area (Å²) in [5.41, 5.74) is 0.868. The third-order valence-electron chi connectivity index (χ3n) is 7.48. The highest BCUT2D eigenvalue weighted by Gasteiger charge is 2.38. The maximum atomic E-state index is 15.0. The van der Waals surface area contributed by atoms with Gasteiger partial charge in [-0.3, -0.25) is 0 Å². The van der Waals surface area contributed by atoms with Crippen LogP contribution < -0.4 is 4.74 Å². The van der Waals surface area contributed by atoms with Crippen molar-refractivity contribution in [2.24, 2.45) is 0 Å². The van der Waals surface area contributed by atoms with E-state index in [-0.39, 0.29) is 22.3 Å². The highest BCUT2D eigenvalue weighted by molar-refractivity contribution is 5.73. The lowest BCUT2D eigenvalue weighted by molar-refractivity contribution is -0.187. The van der Waals surface area contributed by atoms with Crippen LogP contribution in [0.15, 0.2) is 97.1 Å². The molecule has 0 aliphatic heterocycles. The van der Waals surface area contributed by atoms with Crippen LogP contribution in [0.1, 0.15) is 42.9 Å². The smallest absolute Gasteiger partial charge is 0.429 e. The fourth-order valence-electron chi connectivity index (χ4n) is 5.09. The van der Waals surface area contributed by atoms with E-state index in [4.69, 9.17) is 10.00 Å². The summed E-state index contributed by atoms with van der Waals surface area (Å²) in [5, 5.41) is 8.93. The minimum absolute atomic E-state index is 0.172. The minimum Gasteiger partial charge on any atom is -0.429 e. The van der Waals surface area contributed by atoms with Crippen molar-refractivity contribution in [2.45, 2.75) is 38.7 Å².